The van der Waals surface area contributed by atoms with Crippen molar-refractivity contribution in [2.24, 2.45) is 0 Å². The predicted molar refractivity (Wildman–Crippen MR) is 158 cm³/mol. The minimum Gasteiger partial charge on any atom is -0.489 e. The molecule has 3 aromatic heterocycles. The van der Waals surface area contributed by atoms with Gasteiger partial charge in [0, 0.05) is 37.3 Å². The number of rotatable bonds is 10. The maximum atomic E-state index is 13.0. The molecule has 4 amide bonds. The zero-order valence-electron chi connectivity index (χ0n) is 23.5. The number of amides is 4. The normalized spacial score (nSPS) is 10.6. The van der Waals surface area contributed by atoms with E-state index < -0.39 is 6.03 Å². The van der Waals surface area contributed by atoms with Gasteiger partial charge in [-0.15, -0.1) is 0 Å². The third kappa shape index (κ3) is 7.50. The van der Waals surface area contributed by atoms with Crippen molar-refractivity contribution >= 4 is 29.4 Å². The number of nitrogens with zero attached hydrogens (tertiary/aromatic N) is 3. The van der Waals surface area contributed by atoms with E-state index in [4.69, 9.17) is 4.74 Å². The highest BCUT2D eigenvalue weighted by Gasteiger charge is 2.15. The van der Waals surface area contributed by atoms with Crippen LogP contribution in [0.4, 0.5) is 26.9 Å². The Labute approximate surface area is 237 Å². The van der Waals surface area contributed by atoms with Crippen LogP contribution >= 0.6 is 0 Å². The van der Waals surface area contributed by atoms with Gasteiger partial charge in [0.1, 0.15) is 24.0 Å². The minimum absolute atomic E-state index is 0.221. The van der Waals surface area contributed by atoms with Crippen molar-refractivity contribution in [1.29, 1.82) is 0 Å². The van der Waals surface area contributed by atoms with Gasteiger partial charge < -0.3 is 20.4 Å². The lowest BCUT2D eigenvalue weighted by Gasteiger charge is -2.16. The van der Waals surface area contributed by atoms with E-state index >= 15 is 0 Å². The molecule has 0 aliphatic heterocycles. The monoisotopic (exact) mass is 558 g/mol. The molecule has 0 fully saturated rings. The second-order valence-electron chi connectivity index (χ2n) is 9.43. The molecule has 0 aliphatic rings. The number of unbranched alkanes of at least 4 members (excludes halogenated alkanes) is 1. The Balaban J connectivity index is 1.45. The number of carbonyl (C=O) groups excluding carboxylic acids is 2. The number of pyridine rings is 2. The van der Waals surface area contributed by atoms with Crippen LogP contribution in [-0.4, -0.2) is 38.9 Å². The standard InChI is InChI=1S/C29H34N8O4/c1-5-6-7-21-15-26(37(36-21)22-8-11-27(38)32-16-22)35-29(40)33-23-9-10-24(19(3)18(23)2)41-17-20-12-13-31-25(14-20)34-28(39)30-4/h8-16H,5-7,17H2,1-4H3,(H,32,38)(H2,33,35,40)(H2,30,31,34,39). The lowest BCUT2D eigenvalue weighted by molar-refractivity contribution is 0.253. The van der Waals surface area contributed by atoms with Gasteiger partial charge in [0.25, 0.3) is 0 Å². The molecule has 0 aliphatic carbocycles. The first-order valence-corrected chi connectivity index (χ1v) is 13.3. The number of aryl methyl sites for hydroxylation is 1. The molecule has 0 radical (unpaired) electrons. The highest BCUT2D eigenvalue weighted by Crippen LogP contribution is 2.29. The number of urea groups is 2. The van der Waals surface area contributed by atoms with Gasteiger partial charge in [-0.2, -0.15) is 5.10 Å². The van der Waals surface area contributed by atoms with E-state index in [0.717, 1.165) is 41.6 Å². The third-order valence-electron chi connectivity index (χ3n) is 6.47. The van der Waals surface area contributed by atoms with Crippen LogP contribution in [0.25, 0.3) is 5.69 Å². The Kier molecular flexibility index (Phi) is 9.35. The number of aromatic amines is 1. The summed E-state index contributed by atoms with van der Waals surface area (Å²) in [4.78, 5) is 42.9. The topological polar surface area (TPSA) is 155 Å². The van der Waals surface area contributed by atoms with Crippen molar-refractivity contribution < 1.29 is 14.3 Å². The van der Waals surface area contributed by atoms with E-state index in [0.29, 0.717) is 28.8 Å². The summed E-state index contributed by atoms with van der Waals surface area (Å²) in [6.45, 7) is 6.20. The number of anilines is 3. The first-order chi connectivity index (χ1) is 19.8. The molecule has 4 aromatic rings. The second kappa shape index (κ2) is 13.3. The van der Waals surface area contributed by atoms with Crippen LogP contribution in [0.5, 0.6) is 5.75 Å². The largest absolute Gasteiger partial charge is 0.489 e. The molecule has 41 heavy (non-hydrogen) atoms. The zero-order chi connectivity index (χ0) is 29.4. The Bertz CT molecular complexity index is 1570. The van der Waals surface area contributed by atoms with Crippen molar-refractivity contribution in [2.75, 3.05) is 23.0 Å². The molecular formula is C29H34N8O4. The van der Waals surface area contributed by atoms with Gasteiger partial charge in [0.05, 0.1) is 11.4 Å². The van der Waals surface area contributed by atoms with E-state index in [1.807, 2.05) is 26.0 Å². The van der Waals surface area contributed by atoms with E-state index in [1.54, 1.807) is 41.3 Å². The minimum atomic E-state index is -0.429. The number of hydrogen-bond acceptors (Lipinski definition) is 6. The second-order valence-corrected chi connectivity index (χ2v) is 9.43. The summed E-state index contributed by atoms with van der Waals surface area (Å²) in [5.41, 5.74) is 4.45. The van der Waals surface area contributed by atoms with Crippen molar-refractivity contribution in [2.45, 2.75) is 46.6 Å². The zero-order valence-corrected chi connectivity index (χ0v) is 23.5. The SMILES string of the molecule is CCCCc1cc(NC(=O)Nc2ccc(OCc3ccnc(NC(=O)NC)c3)c(C)c2C)n(-c2ccc(=O)[nH]c2)n1. The number of H-pyrrole nitrogens is 1. The summed E-state index contributed by atoms with van der Waals surface area (Å²) >= 11 is 0. The van der Waals surface area contributed by atoms with Gasteiger partial charge in [-0.25, -0.2) is 19.3 Å². The van der Waals surface area contributed by atoms with Crippen molar-refractivity contribution in [3.05, 3.63) is 87.6 Å². The Morgan fingerprint density at radius 1 is 1.00 bits per heavy atom. The van der Waals surface area contributed by atoms with Crippen LogP contribution in [-0.2, 0) is 13.0 Å². The van der Waals surface area contributed by atoms with E-state index in [9.17, 15) is 14.4 Å². The van der Waals surface area contributed by atoms with Crippen LogP contribution < -0.4 is 31.6 Å². The molecule has 0 atom stereocenters. The lowest BCUT2D eigenvalue weighted by Crippen LogP contribution is -2.25. The molecule has 3 heterocycles. The van der Waals surface area contributed by atoms with Crippen molar-refractivity contribution in [3.63, 3.8) is 0 Å². The van der Waals surface area contributed by atoms with Gasteiger partial charge in [-0.05, 0) is 73.7 Å². The van der Waals surface area contributed by atoms with Gasteiger partial charge in [-0.3, -0.25) is 15.4 Å². The Morgan fingerprint density at radius 2 is 1.83 bits per heavy atom. The first-order valence-electron chi connectivity index (χ1n) is 13.3. The number of hydrogen-bond donors (Lipinski definition) is 5. The first kappa shape index (κ1) is 28.9. The predicted octanol–water partition coefficient (Wildman–Crippen LogP) is 4.89. The molecule has 12 heteroatoms. The molecule has 0 saturated carbocycles. The van der Waals surface area contributed by atoms with Crippen LogP contribution in [0.2, 0.25) is 0 Å². The van der Waals surface area contributed by atoms with Gasteiger partial charge in [0.2, 0.25) is 5.56 Å². The van der Waals surface area contributed by atoms with Gasteiger partial charge in [-0.1, -0.05) is 13.3 Å². The summed E-state index contributed by atoms with van der Waals surface area (Å²) in [5, 5.41) is 15.5. The van der Waals surface area contributed by atoms with Crippen LogP contribution in [0, 0.1) is 13.8 Å². The molecule has 5 N–H and O–H groups in total. The molecule has 0 saturated heterocycles. The summed E-state index contributed by atoms with van der Waals surface area (Å²) in [6.07, 6.45) is 5.92. The van der Waals surface area contributed by atoms with Crippen molar-refractivity contribution in [3.8, 4) is 11.4 Å². The number of nitrogens with one attached hydrogen (secondary N) is 5. The van der Waals surface area contributed by atoms with Crippen molar-refractivity contribution in [1.82, 2.24) is 25.1 Å². The van der Waals surface area contributed by atoms with E-state index in [-0.39, 0.29) is 18.2 Å². The molecule has 0 spiro atoms. The highest BCUT2D eigenvalue weighted by atomic mass is 16.5. The average Bonchev–Trinajstić information content (AvgIpc) is 3.36. The molecule has 0 bridgehead atoms. The lowest BCUT2D eigenvalue weighted by atomic mass is 10.1. The fraction of sp³-hybridized carbons (Fsp3) is 0.276. The average molecular weight is 559 g/mol. The molecule has 1 aromatic carbocycles. The molecule has 4 rings (SSSR count). The maximum absolute atomic E-state index is 13.0. The molecular weight excluding hydrogens is 524 g/mol. The number of ether oxygens (including phenoxy) is 1. The van der Waals surface area contributed by atoms with E-state index in [2.05, 4.69) is 43.3 Å². The van der Waals surface area contributed by atoms with Crippen LogP contribution in [0.15, 0.2) is 59.7 Å². The highest BCUT2D eigenvalue weighted by molar-refractivity contribution is 6.00. The number of carbonyl (C=O) groups is 2. The van der Waals surface area contributed by atoms with Gasteiger partial charge >= 0.3 is 12.1 Å². The fourth-order valence-electron chi connectivity index (χ4n) is 4.06. The summed E-state index contributed by atoms with van der Waals surface area (Å²) in [7, 11) is 1.53. The summed E-state index contributed by atoms with van der Waals surface area (Å²) in [6, 6.07) is 11.3. The van der Waals surface area contributed by atoms with Gasteiger partial charge in [0.15, 0.2) is 0 Å². The maximum Gasteiger partial charge on any atom is 0.324 e. The summed E-state index contributed by atoms with van der Waals surface area (Å²) < 4.78 is 7.63. The number of aromatic nitrogens is 4. The smallest absolute Gasteiger partial charge is 0.324 e. The molecule has 0 unspecified atom stereocenters. The van der Waals surface area contributed by atoms with Crippen LogP contribution in [0.3, 0.4) is 0 Å². The Hall–Kier alpha value is -5.13. The molecule has 214 valence electrons. The van der Waals surface area contributed by atoms with E-state index in [1.165, 1.54) is 13.1 Å². The van der Waals surface area contributed by atoms with Crippen LogP contribution in [0.1, 0.15) is 42.1 Å². The third-order valence-corrected chi connectivity index (χ3v) is 6.47. The quantitative estimate of drug-likeness (QED) is 0.187. The molecule has 12 nitrogen and oxygen atoms in total. The number of benzene rings is 1. The summed E-state index contributed by atoms with van der Waals surface area (Å²) in [5.74, 6) is 1.57. The Morgan fingerprint density at radius 3 is 2.56 bits per heavy atom. The fourth-order valence-corrected chi connectivity index (χ4v) is 4.06.